The first-order chi connectivity index (χ1) is 12.3. The van der Waals surface area contributed by atoms with E-state index in [1.807, 2.05) is 0 Å². The Hall–Kier alpha value is -2.24. The summed E-state index contributed by atoms with van der Waals surface area (Å²) in [5, 5.41) is 0.144. The molecule has 0 atom stereocenters. The van der Waals surface area contributed by atoms with Crippen molar-refractivity contribution in [3.05, 3.63) is 92.2 Å². The molecular weight excluding hydrogens is 386 g/mol. The maximum absolute atomic E-state index is 13.1. The van der Waals surface area contributed by atoms with Crippen molar-refractivity contribution in [2.24, 2.45) is 0 Å². The van der Waals surface area contributed by atoms with Gasteiger partial charge in [0.1, 0.15) is 0 Å². The lowest BCUT2D eigenvalue weighted by atomic mass is 10.1. The van der Waals surface area contributed by atoms with E-state index in [4.69, 9.17) is 23.2 Å². The monoisotopic (exact) mass is 397 g/mol. The molecule has 1 aromatic heterocycles. The van der Waals surface area contributed by atoms with E-state index in [0.717, 1.165) is 11.6 Å². The first-order valence-corrected chi connectivity index (χ1v) is 8.32. The van der Waals surface area contributed by atoms with Crippen molar-refractivity contribution in [3.63, 3.8) is 0 Å². The van der Waals surface area contributed by atoms with Crippen molar-refractivity contribution in [3.8, 4) is 11.3 Å². The Morgan fingerprint density at radius 3 is 2.31 bits per heavy atom. The van der Waals surface area contributed by atoms with Crippen molar-refractivity contribution in [1.29, 1.82) is 0 Å². The van der Waals surface area contributed by atoms with Gasteiger partial charge in [0.05, 0.1) is 16.3 Å². The average Bonchev–Trinajstić information content (AvgIpc) is 2.58. The summed E-state index contributed by atoms with van der Waals surface area (Å²) in [5.74, 6) is 0. The van der Waals surface area contributed by atoms with Gasteiger partial charge in [-0.15, -0.1) is 0 Å². The van der Waals surface area contributed by atoms with Crippen LogP contribution in [0.2, 0.25) is 10.0 Å². The summed E-state index contributed by atoms with van der Waals surface area (Å²) in [4.78, 5) is 11.8. The van der Waals surface area contributed by atoms with Crippen LogP contribution in [-0.2, 0) is 12.7 Å². The number of aromatic nitrogens is 1. The second-order valence-corrected chi connectivity index (χ2v) is 6.48. The predicted octanol–water partition coefficient (Wildman–Crippen LogP) is 5.89. The van der Waals surface area contributed by atoms with Crippen molar-refractivity contribution in [1.82, 2.24) is 4.57 Å². The van der Waals surface area contributed by atoms with Crippen LogP contribution in [0.4, 0.5) is 13.2 Å². The SMILES string of the molecule is O=c1ccn(Cc2ccc(Cl)cc2)c(-c2cccc(C(F)(F)F)c2Cl)c1. The van der Waals surface area contributed by atoms with Crippen LogP contribution in [0.1, 0.15) is 11.1 Å². The molecule has 0 radical (unpaired) electrons. The second-order valence-electron chi connectivity index (χ2n) is 5.67. The third-order valence-corrected chi connectivity index (χ3v) is 4.51. The van der Waals surface area contributed by atoms with E-state index in [1.54, 1.807) is 28.8 Å². The summed E-state index contributed by atoms with van der Waals surface area (Å²) in [6.07, 6.45) is -3.05. The summed E-state index contributed by atoms with van der Waals surface area (Å²) in [7, 11) is 0. The van der Waals surface area contributed by atoms with E-state index in [2.05, 4.69) is 0 Å². The smallest absolute Gasteiger partial charge is 0.343 e. The van der Waals surface area contributed by atoms with Gasteiger partial charge in [-0.25, -0.2) is 0 Å². The van der Waals surface area contributed by atoms with Crippen LogP contribution >= 0.6 is 23.2 Å². The van der Waals surface area contributed by atoms with Crippen molar-refractivity contribution < 1.29 is 13.2 Å². The van der Waals surface area contributed by atoms with Gasteiger partial charge in [0, 0.05) is 35.5 Å². The van der Waals surface area contributed by atoms with Crippen LogP contribution in [0, 0.1) is 0 Å². The standard InChI is InChI=1S/C19H12Cl2F3NO/c20-13-6-4-12(5-7-13)11-25-9-8-14(26)10-17(25)15-2-1-3-16(18(15)21)19(22,23)24/h1-10H,11H2. The fraction of sp³-hybridized carbons (Fsp3) is 0.105. The molecule has 2 nitrogen and oxygen atoms in total. The molecule has 0 fully saturated rings. The minimum atomic E-state index is -4.58. The van der Waals surface area contributed by atoms with Gasteiger partial charge in [0.2, 0.25) is 0 Å². The predicted molar refractivity (Wildman–Crippen MR) is 96.7 cm³/mol. The Balaban J connectivity index is 2.12. The lowest BCUT2D eigenvalue weighted by Gasteiger charge is -2.17. The molecular formula is C19H12Cl2F3NO. The number of hydrogen-bond donors (Lipinski definition) is 0. The molecule has 7 heteroatoms. The molecule has 0 spiro atoms. The highest BCUT2D eigenvalue weighted by Gasteiger charge is 2.34. The molecule has 3 aromatic rings. The third-order valence-electron chi connectivity index (χ3n) is 3.85. The van der Waals surface area contributed by atoms with Crippen LogP contribution in [0.3, 0.4) is 0 Å². The van der Waals surface area contributed by atoms with Crippen LogP contribution in [-0.4, -0.2) is 4.57 Å². The fourth-order valence-corrected chi connectivity index (χ4v) is 3.07. The molecule has 0 saturated heterocycles. The zero-order valence-electron chi connectivity index (χ0n) is 13.2. The van der Waals surface area contributed by atoms with Crippen LogP contribution < -0.4 is 5.43 Å². The Morgan fingerprint density at radius 1 is 0.962 bits per heavy atom. The van der Waals surface area contributed by atoms with Crippen molar-refractivity contribution in [2.75, 3.05) is 0 Å². The van der Waals surface area contributed by atoms with Gasteiger partial charge in [0.25, 0.3) is 0 Å². The van der Waals surface area contributed by atoms with Gasteiger partial charge in [-0.1, -0.05) is 47.5 Å². The molecule has 2 aromatic carbocycles. The van der Waals surface area contributed by atoms with Crippen molar-refractivity contribution >= 4 is 23.2 Å². The lowest BCUT2D eigenvalue weighted by Crippen LogP contribution is -2.11. The molecule has 0 unspecified atom stereocenters. The zero-order chi connectivity index (χ0) is 18.9. The van der Waals surface area contributed by atoms with Crippen LogP contribution in [0.25, 0.3) is 11.3 Å². The quantitative estimate of drug-likeness (QED) is 0.539. The van der Waals surface area contributed by atoms with Crippen molar-refractivity contribution in [2.45, 2.75) is 12.7 Å². The lowest BCUT2D eigenvalue weighted by molar-refractivity contribution is -0.137. The number of rotatable bonds is 3. The maximum Gasteiger partial charge on any atom is 0.417 e. The summed E-state index contributed by atoms with van der Waals surface area (Å²) in [5.41, 5.74) is 0.0750. The Bertz CT molecular complexity index is 995. The van der Waals surface area contributed by atoms with E-state index in [0.29, 0.717) is 17.3 Å². The summed E-state index contributed by atoms with van der Waals surface area (Å²) >= 11 is 11.9. The third kappa shape index (κ3) is 3.94. The van der Waals surface area contributed by atoms with Gasteiger partial charge in [0.15, 0.2) is 5.43 Å². The number of nitrogens with zero attached hydrogens (tertiary/aromatic N) is 1. The summed E-state index contributed by atoms with van der Waals surface area (Å²) in [6, 6.07) is 13.3. The Labute approximate surface area is 157 Å². The number of halogens is 5. The van der Waals surface area contributed by atoms with E-state index in [1.165, 1.54) is 30.5 Å². The molecule has 0 aliphatic heterocycles. The van der Waals surface area contributed by atoms with Gasteiger partial charge in [-0.05, 0) is 23.8 Å². The minimum absolute atomic E-state index is 0.146. The molecule has 0 aliphatic carbocycles. The molecule has 0 saturated carbocycles. The molecule has 134 valence electrons. The molecule has 3 rings (SSSR count). The van der Waals surface area contributed by atoms with Gasteiger partial charge in [-0.3, -0.25) is 4.79 Å². The largest absolute Gasteiger partial charge is 0.417 e. The van der Waals surface area contributed by atoms with E-state index < -0.39 is 16.8 Å². The normalized spacial score (nSPS) is 11.6. The highest BCUT2D eigenvalue weighted by atomic mass is 35.5. The number of pyridine rings is 1. The van der Waals surface area contributed by atoms with E-state index >= 15 is 0 Å². The molecule has 0 N–H and O–H groups in total. The van der Waals surface area contributed by atoms with Crippen LogP contribution in [0.15, 0.2) is 65.6 Å². The fourth-order valence-electron chi connectivity index (χ4n) is 2.62. The van der Waals surface area contributed by atoms with Gasteiger partial charge < -0.3 is 4.57 Å². The molecule has 1 heterocycles. The van der Waals surface area contributed by atoms with Gasteiger partial charge >= 0.3 is 6.18 Å². The summed E-state index contributed by atoms with van der Waals surface area (Å²) < 4.78 is 41.1. The first-order valence-electron chi connectivity index (χ1n) is 7.57. The van der Waals surface area contributed by atoms with Gasteiger partial charge in [-0.2, -0.15) is 13.2 Å². The Kier molecular flexibility index (Phi) is 5.12. The average molecular weight is 398 g/mol. The highest BCUT2D eigenvalue weighted by Crippen LogP contribution is 2.39. The van der Waals surface area contributed by atoms with Crippen LogP contribution in [0.5, 0.6) is 0 Å². The molecule has 0 aliphatic rings. The minimum Gasteiger partial charge on any atom is -0.343 e. The molecule has 0 amide bonds. The second kappa shape index (κ2) is 7.17. The summed E-state index contributed by atoms with van der Waals surface area (Å²) in [6.45, 7) is 0.347. The zero-order valence-corrected chi connectivity index (χ0v) is 14.7. The molecule has 26 heavy (non-hydrogen) atoms. The molecule has 0 bridgehead atoms. The first kappa shape index (κ1) is 18.5. The Morgan fingerprint density at radius 2 is 1.65 bits per heavy atom. The van der Waals surface area contributed by atoms with E-state index in [-0.39, 0.29) is 11.0 Å². The highest BCUT2D eigenvalue weighted by molar-refractivity contribution is 6.34. The number of alkyl halides is 3. The number of benzene rings is 2. The number of hydrogen-bond acceptors (Lipinski definition) is 1. The topological polar surface area (TPSA) is 22.0 Å². The van der Waals surface area contributed by atoms with E-state index in [9.17, 15) is 18.0 Å². The maximum atomic E-state index is 13.1.